The molecule has 0 atom stereocenters. The van der Waals surface area contributed by atoms with Gasteiger partial charge in [-0.15, -0.1) is 13.2 Å². The van der Waals surface area contributed by atoms with Crippen molar-refractivity contribution in [3.8, 4) is 5.75 Å². The largest absolute Gasteiger partial charge is 0.573 e. The molecule has 0 aliphatic rings. The number of nitrogens with two attached hydrogens (primary N) is 1. The van der Waals surface area contributed by atoms with Crippen molar-refractivity contribution in [3.05, 3.63) is 54.3 Å². The van der Waals surface area contributed by atoms with Gasteiger partial charge in [0.05, 0.1) is 5.69 Å². The standard InChI is InChI=1S/C16H14F4N4O2/c17-10-5-7-11(8-6-10)23-14(25)9-22-15(21)24-12-3-1-2-4-13(12)26-16(18,19)20/h1-8H,9H2,(H,23,25)(H3,21,22,24). The van der Waals surface area contributed by atoms with Crippen LogP contribution in [0.2, 0.25) is 0 Å². The maximum absolute atomic E-state index is 12.8. The normalized spacial score (nSPS) is 11.8. The fourth-order valence-electron chi connectivity index (χ4n) is 1.85. The molecule has 0 aliphatic heterocycles. The minimum atomic E-state index is -4.86. The Morgan fingerprint density at radius 3 is 2.38 bits per heavy atom. The Bertz CT molecular complexity index is 792. The van der Waals surface area contributed by atoms with Crippen molar-refractivity contribution in [2.45, 2.75) is 6.36 Å². The molecule has 4 N–H and O–H groups in total. The quantitative estimate of drug-likeness (QED) is 0.429. The highest BCUT2D eigenvalue weighted by atomic mass is 19.4. The van der Waals surface area contributed by atoms with E-state index in [0.717, 1.165) is 6.07 Å². The van der Waals surface area contributed by atoms with Crippen LogP contribution >= 0.6 is 0 Å². The molecule has 0 unspecified atom stereocenters. The zero-order valence-electron chi connectivity index (χ0n) is 13.2. The van der Waals surface area contributed by atoms with Crippen molar-refractivity contribution in [1.82, 2.24) is 0 Å². The van der Waals surface area contributed by atoms with Gasteiger partial charge in [0.1, 0.15) is 12.4 Å². The summed E-state index contributed by atoms with van der Waals surface area (Å²) in [5.74, 6) is -1.76. The van der Waals surface area contributed by atoms with Crippen molar-refractivity contribution in [3.63, 3.8) is 0 Å². The van der Waals surface area contributed by atoms with Gasteiger partial charge >= 0.3 is 6.36 Å². The van der Waals surface area contributed by atoms with Gasteiger partial charge < -0.3 is 21.1 Å². The van der Waals surface area contributed by atoms with Crippen LogP contribution < -0.4 is 21.1 Å². The summed E-state index contributed by atoms with van der Waals surface area (Å²) in [4.78, 5) is 15.5. The van der Waals surface area contributed by atoms with E-state index in [4.69, 9.17) is 5.73 Å². The van der Waals surface area contributed by atoms with Gasteiger partial charge in [0.25, 0.3) is 0 Å². The molecule has 2 aromatic carbocycles. The van der Waals surface area contributed by atoms with Gasteiger partial charge in [0.2, 0.25) is 5.91 Å². The Morgan fingerprint density at radius 1 is 1.08 bits per heavy atom. The summed E-state index contributed by atoms with van der Waals surface area (Å²) >= 11 is 0. The number of aliphatic imine (C=N–C) groups is 1. The van der Waals surface area contributed by atoms with Gasteiger partial charge in [-0.1, -0.05) is 12.1 Å². The zero-order valence-corrected chi connectivity index (χ0v) is 13.2. The minimum Gasteiger partial charge on any atom is -0.404 e. The number of rotatable bonds is 5. The number of hydrogen-bond donors (Lipinski definition) is 3. The molecule has 6 nitrogen and oxygen atoms in total. The van der Waals surface area contributed by atoms with Gasteiger partial charge in [0, 0.05) is 5.69 Å². The van der Waals surface area contributed by atoms with E-state index in [2.05, 4.69) is 20.4 Å². The van der Waals surface area contributed by atoms with Crippen LogP contribution in [0.5, 0.6) is 5.75 Å². The van der Waals surface area contributed by atoms with E-state index in [1.165, 1.54) is 42.5 Å². The maximum atomic E-state index is 12.8. The van der Waals surface area contributed by atoms with E-state index in [-0.39, 0.29) is 11.6 Å². The summed E-state index contributed by atoms with van der Waals surface area (Å²) in [6.07, 6.45) is -4.86. The lowest BCUT2D eigenvalue weighted by molar-refractivity contribution is -0.274. The van der Waals surface area contributed by atoms with Crippen molar-refractivity contribution < 1.29 is 27.1 Å². The number of halogens is 4. The smallest absolute Gasteiger partial charge is 0.404 e. The number of ether oxygens (including phenoxy) is 1. The summed E-state index contributed by atoms with van der Waals surface area (Å²) in [5.41, 5.74) is 5.87. The third kappa shape index (κ3) is 6.30. The lowest BCUT2D eigenvalue weighted by Crippen LogP contribution is -2.26. The number of nitrogens with zero attached hydrogens (tertiary/aromatic N) is 1. The van der Waals surface area contributed by atoms with Gasteiger partial charge in [-0.2, -0.15) is 0 Å². The van der Waals surface area contributed by atoms with Gasteiger partial charge in [-0.25, -0.2) is 9.38 Å². The Morgan fingerprint density at radius 2 is 1.73 bits per heavy atom. The van der Waals surface area contributed by atoms with Crippen LogP contribution in [0.1, 0.15) is 0 Å². The second-order valence-electron chi connectivity index (χ2n) is 4.93. The fraction of sp³-hybridized carbons (Fsp3) is 0.125. The van der Waals surface area contributed by atoms with Crippen LogP contribution in [-0.4, -0.2) is 24.8 Å². The highest BCUT2D eigenvalue weighted by molar-refractivity contribution is 5.97. The van der Waals surface area contributed by atoms with Gasteiger partial charge in [-0.05, 0) is 36.4 Å². The minimum absolute atomic E-state index is 0.0648. The molecule has 138 valence electrons. The zero-order chi connectivity index (χ0) is 19.2. The molecule has 0 radical (unpaired) electrons. The lowest BCUT2D eigenvalue weighted by Gasteiger charge is -2.14. The van der Waals surface area contributed by atoms with Crippen LogP contribution in [0, 0.1) is 5.82 Å². The first-order chi connectivity index (χ1) is 12.2. The highest BCUT2D eigenvalue weighted by Crippen LogP contribution is 2.29. The molecular weight excluding hydrogens is 356 g/mol. The molecule has 10 heteroatoms. The maximum Gasteiger partial charge on any atom is 0.573 e. The molecule has 1 amide bonds. The molecule has 0 aliphatic carbocycles. The van der Waals surface area contributed by atoms with Gasteiger partial charge in [-0.3, -0.25) is 4.79 Å². The predicted octanol–water partition coefficient (Wildman–Crippen LogP) is 3.09. The van der Waals surface area contributed by atoms with Crippen LogP contribution in [0.15, 0.2) is 53.5 Å². The molecular formula is C16H14F4N4O2. The van der Waals surface area contributed by atoms with Crippen molar-refractivity contribution in [2.24, 2.45) is 10.7 Å². The van der Waals surface area contributed by atoms with Crippen molar-refractivity contribution >= 4 is 23.2 Å². The Hall–Kier alpha value is -3.30. The highest BCUT2D eigenvalue weighted by Gasteiger charge is 2.32. The number of alkyl halides is 3. The molecule has 0 spiro atoms. The molecule has 0 saturated carbocycles. The molecule has 26 heavy (non-hydrogen) atoms. The van der Waals surface area contributed by atoms with Crippen LogP contribution in [-0.2, 0) is 4.79 Å². The number of guanidine groups is 1. The summed E-state index contributed by atoms with van der Waals surface area (Å²) in [5, 5.41) is 4.89. The molecule has 0 fully saturated rings. The first-order valence-electron chi connectivity index (χ1n) is 7.20. The van der Waals surface area contributed by atoms with E-state index in [1.54, 1.807) is 0 Å². The summed E-state index contributed by atoms with van der Waals surface area (Å²) in [7, 11) is 0. The number of para-hydroxylation sites is 2. The SMILES string of the molecule is NC(=NCC(=O)Nc1ccc(F)cc1)Nc1ccccc1OC(F)(F)F. The molecule has 0 bridgehead atoms. The number of nitrogens with one attached hydrogen (secondary N) is 2. The van der Waals surface area contributed by atoms with Crippen LogP contribution in [0.25, 0.3) is 0 Å². The summed E-state index contributed by atoms with van der Waals surface area (Å²) in [6.45, 7) is -0.390. The first kappa shape index (κ1) is 19.0. The number of amides is 1. The topological polar surface area (TPSA) is 88.7 Å². The first-order valence-corrected chi connectivity index (χ1v) is 7.20. The molecule has 0 saturated heterocycles. The Kier molecular flexibility index (Phi) is 5.99. The summed E-state index contributed by atoms with van der Waals surface area (Å²) < 4.78 is 53.7. The monoisotopic (exact) mass is 370 g/mol. The molecule has 2 aromatic rings. The Labute approximate surface area is 145 Å². The number of carbonyl (C=O) groups excluding carboxylic acids is 1. The average molecular weight is 370 g/mol. The van der Waals surface area contributed by atoms with Crippen LogP contribution in [0.4, 0.5) is 28.9 Å². The number of carbonyl (C=O) groups is 1. The summed E-state index contributed by atoms with van der Waals surface area (Å²) in [6, 6.07) is 10.3. The van der Waals surface area contributed by atoms with Gasteiger partial charge in [0.15, 0.2) is 11.7 Å². The third-order valence-electron chi connectivity index (χ3n) is 2.90. The van der Waals surface area contributed by atoms with E-state index < -0.39 is 30.4 Å². The van der Waals surface area contributed by atoms with E-state index in [1.807, 2.05) is 0 Å². The molecule has 2 rings (SSSR count). The van der Waals surface area contributed by atoms with E-state index in [0.29, 0.717) is 5.69 Å². The third-order valence-corrected chi connectivity index (χ3v) is 2.90. The number of benzene rings is 2. The van der Waals surface area contributed by atoms with Crippen LogP contribution in [0.3, 0.4) is 0 Å². The second kappa shape index (κ2) is 8.19. The predicted molar refractivity (Wildman–Crippen MR) is 88.3 cm³/mol. The van der Waals surface area contributed by atoms with E-state index in [9.17, 15) is 22.4 Å². The number of hydrogen-bond acceptors (Lipinski definition) is 3. The number of anilines is 2. The fourth-order valence-corrected chi connectivity index (χ4v) is 1.85. The van der Waals surface area contributed by atoms with Crippen molar-refractivity contribution in [2.75, 3.05) is 17.2 Å². The second-order valence-corrected chi connectivity index (χ2v) is 4.93. The lowest BCUT2D eigenvalue weighted by atomic mass is 10.3. The van der Waals surface area contributed by atoms with E-state index >= 15 is 0 Å². The average Bonchev–Trinajstić information content (AvgIpc) is 2.56. The molecule has 0 heterocycles. The van der Waals surface area contributed by atoms with Crippen molar-refractivity contribution in [1.29, 1.82) is 0 Å². The Balaban J connectivity index is 1.96. The molecule has 0 aromatic heterocycles.